The average Bonchev–Trinajstić information content (AvgIpc) is 2.09. The highest BCUT2D eigenvalue weighted by atomic mass is 16.6. The predicted molar refractivity (Wildman–Crippen MR) is 53.9 cm³/mol. The number of carbonyl (C=O) groups excluding carboxylic acids is 1. The van der Waals surface area contributed by atoms with E-state index in [2.05, 4.69) is 6.92 Å². The van der Waals surface area contributed by atoms with Crippen LogP contribution in [-0.2, 0) is 9.53 Å². The molecular formula is C11H20O3. The van der Waals surface area contributed by atoms with Gasteiger partial charge in [0.2, 0.25) is 0 Å². The molecule has 0 spiro atoms. The normalized spacial score (nSPS) is 22.7. The van der Waals surface area contributed by atoms with Crippen molar-refractivity contribution < 1.29 is 14.6 Å². The molecule has 1 fully saturated rings. The third kappa shape index (κ3) is 4.09. The van der Waals surface area contributed by atoms with Gasteiger partial charge in [-0.2, -0.15) is 0 Å². The highest BCUT2D eigenvalue weighted by molar-refractivity contribution is 5.75. The summed E-state index contributed by atoms with van der Waals surface area (Å²) in [5.41, 5.74) is 0. The van der Waals surface area contributed by atoms with Gasteiger partial charge in [0.1, 0.15) is 6.10 Å². The van der Waals surface area contributed by atoms with Crippen molar-refractivity contribution in [1.82, 2.24) is 0 Å². The SMILES string of the molecule is CCCC(O)CCCCC1CC(=O)O1. The summed E-state index contributed by atoms with van der Waals surface area (Å²) in [6.45, 7) is 2.08. The maximum absolute atomic E-state index is 10.5. The first kappa shape index (κ1) is 11.5. The lowest BCUT2D eigenvalue weighted by Crippen LogP contribution is -2.32. The zero-order valence-corrected chi connectivity index (χ0v) is 8.87. The van der Waals surface area contributed by atoms with Gasteiger partial charge in [-0.25, -0.2) is 0 Å². The molecule has 2 unspecified atom stereocenters. The van der Waals surface area contributed by atoms with Crippen molar-refractivity contribution >= 4 is 5.97 Å². The molecule has 0 aromatic rings. The van der Waals surface area contributed by atoms with Gasteiger partial charge < -0.3 is 9.84 Å². The number of unbranched alkanes of at least 4 members (excludes halogenated alkanes) is 1. The number of cyclic esters (lactones) is 1. The van der Waals surface area contributed by atoms with Crippen LogP contribution < -0.4 is 0 Å². The number of rotatable bonds is 7. The molecule has 0 aromatic carbocycles. The van der Waals surface area contributed by atoms with Crippen molar-refractivity contribution in [3.05, 3.63) is 0 Å². The molecule has 2 atom stereocenters. The standard InChI is InChI=1S/C11H20O3/c1-2-5-9(12)6-3-4-7-10-8-11(13)14-10/h9-10,12H,2-8H2,1H3. The number of esters is 1. The lowest BCUT2D eigenvalue weighted by Gasteiger charge is -2.25. The second-order valence-corrected chi connectivity index (χ2v) is 4.04. The zero-order chi connectivity index (χ0) is 10.4. The predicted octanol–water partition coefficient (Wildman–Crippen LogP) is 2.02. The highest BCUT2D eigenvalue weighted by Crippen LogP contribution is 2.20. The molecule has 0 aromatic heterocycles. The minimum Gasteiger partial charge on any atom is -0.462 e. The van der Waals surface area contributed by atoms with Crippen molar-refractivity contribution in [1.29, 1.82) is 0 Å². The highest BCUT2D eigenvalue weighted by Gasteiger charge is 2.27. The Hall–Kier alpha value is -0.570. The molecule has 0 bridgehead atoms. The Balaban J connectivity index is 1.87. The topological polar surface area (TPSA) is 46.5 Å². The lowest BCUT2D eigenvalue weighted by atomic mass is 10.0. The number of ether oxygens (including phenoxy) is 1. The second kappa shape index (κ2) is 6.02. The summed E-state index contributed by atoms with van der Waals surface area (Å²) in [6, 6.07) is 0. The van der Waals surface area contributed by atoms with Crippen molar-refractivity contribution in [2.75, 3.05) is 0 Å². The summed E-state index contributed by atoms with van der Waals surface area (Å²) in [5, 5.41) is 9.44. The summed E-state index contributed by atoms with van der Waals surface area (Å²) in [7, 11) is 0. The molecule has 0 amide bonds. The van der Waals surface area contributed by atoms with Crippen LogP contribution in [0.15, 0.2) is 0 Å². The maximum atomic E-state index is 10.5. The molecule has 0 radical (unpaired) electrons. The van der Waals surface area contributed by atoms with Crippen molar-refractivity contribution in [2.24, 2.45) is 0 Å². The van der Waals surface area contributed by atoms with E-state index in [1.807, 2.05) is 0 Å². The Morgan fingerprint density at radius 1 is 1.50 bits per heavy atom. The summed E-state index contributed by atoms with van der Waals surface area (Å²) in [6.07, 6.45) is 6.51. The number of aliphatic hydroxyl groups excluding tert-OH is 1. The van der Waals surface area contributed by atoms with E-state index in [-0.39, 0.29) is 18.2 Å². The summed E-state index contributed by atoms with van der Waals surface area (Å²) >= 11 is 0. The van der Waals surface area contributed by atoms with Gasteiger partial charge >= 0.3 is 5.97 Å². The van der Waals surface area contributed by atoms with E-state index in [0.29, 0.717) is 6.42 Å². The molecule has 0 saturated carbocycles. The zero-order valence-electron chi connectivity index (χ0n) is 8.87. The Kier molecular flexibility index (Phi) is 4.94. The molecule has 1 N–H and O–H groups in total. The van der Waals surface area contributed by atoms with Gasteiger partial charge in [0.05, 0.1) is 12.5 Å². The third-order valence-electron chi connectivity index (χ3n) is 2.63. The minimum absolute atomic E-state index is 0.0685. The fourth-order valence-corrected chi connectivity index (χ4v) is 1.75. The molecule has 0 aliphatic carbocycles. The van der Waals surface area contributed by atoms with Gasteiger partial charge in [0, 0.05) is 0 Å². The molecule has 1 rings (SSSR count). The summed E-state index contributed by atoms with van der Waals surface area (Å²) in [4.78, 5) is 10.5. The van der Waals surface area contributed by atoms with Gasteiger partial charge in [-0.05, 0) is 25.7 Å². The van der Waals surface area contributed by atoms with E-state index < -0.39 is 0 Å². The number of carbonyl (C=O) groups is 1. The molecule has 1 aliphatic heterocycles. The van der Waals surface area contributed by atoms with Gasteiger partial charge in [-0.15, -0.1) is 0 Å². The van der Waals surface area contributed by atoms with Crippen LogP contribution in [0.25, 0.3) is 0 Å². The average molecular weight is 200 g/mol. The van der Waals surface area contributed by atoms with E-state index in [0.717, 1.165) is 38.5 Å². The maximum Gasteiger partial charge on any atom is 0.309 e. The third-order valence-corrected chi connectivity index (χ3v) is 2.63. The van der Waals surface area contributed by atoms with Crippen molar-refractivity contribution in [3.63, 3.8) is 0 Å². The monoisotopic (exact) mass is 200 g/mol. The van der Waals surface area contributed by atoms with E-state index in [4.69, 9.17) is 4.74 Å². The smallest absolute Gasteiger partial charge is 0.309 e. The summed E-state index contributed by atoms with van der Waals surface area (Å²) in [5.74, 6) is -0.0685. The van der Waals surface area contributed by atoms with Crippen LogP contribution in [0.4, 0.5) is 0 Å². The van der Waals surface area contributed by atoms with E-state index >= 15 is 0 Å². The lowest BCUT2D eigenvalue weighted by molar-refractivity contribution is -0.169. The molecule has 1 heterocycles. The van der Waals surface area contributed by atoms with Crippen molar-refractivity contribution in [3.8, 4) is 0 Å². The van der Waals surface area contributed by atoms with E-state index in [9.17, 15) is 9.90 Å². The van der Waals surface area contributed by atoms with Gasteiger partial charge in [-0.3, -0.25) is 4.79 Å². The van der Waals surface area contributed by atoms with Crippen molar-refractivity contribution in [2.45, 2.75) is 64.1 Å². The van der Waals surface area contributed by atoms with Crippen LogP contribution in [0, 0.1) is 0 Å². The van der Waals surface area contributed by atoms with Gasteiger partial charge in [-0.1, -0.05) is 19.8 Å². The van der Waals surface area contributed by atoms with Gasteiger partial charge in [0.15, 0.2) is 0 Å². The second-order valence-electron chi connectivity index (χ2n) is 4.04. The molecule has 3 nitrogen and oxygen atoms in total. The fourth-order valence-electron chi connectivity index (χ4n) is 1.75. The molecular weight excluding hydrogens is 180 g/mol. The van der Waals surface area contributed by atoms with E-state index in [1.54, 1.807) is 0 Å². The van der Waals surface area contributed by atoms with Gasteiger partial charge in [0.25, 0.3) is 0 Å². The minimum atomic E-state index is -0.135. The molecule has 82 valence electrons. The summed E-state index contributed by atoms with van der Waals surface area (Å²) < 4.78 is 4.89. The first-order valence-electron chi connectivity index (χ1n) is 5.60. The van der Waals surface area contributed by atoms with E-state index in [1.165, 1.54) is 0 Å². The largest absolute Gasteiger partial charge is 0.462 e. The van der Waals surface area contributed by atoms with Crippen LogP contribution in [0.5, 0.6) is 0 Å². The first-order valence-corrected chi connectivity index (χ1v) is 5.60. The molecule has 14 heavy (non-hydrogen) atoms. The van der Waals surface area contributed by atoms with Crippen LogP contribution >= 0.6 is 0 Å². The number of aliphatic hydroxyl groups is 1. The Morgan fingerprint density at radius 2 is 2.21 bits per heavy atom. The Labute approximate surface area is 85.5 Å². The Bertz CT molecular complexity index is 171. The van der Waals surface area contributed by atoms with Crippen LogP contribution in [0.2, 0.25) is 0 Å². The molecule has 3 heteroatoms. The quantitative estimate of drug-likeness (QED) is 0.505. The van der Waals surface area contributed by atoms with Crippen LogP contribution in [0.3, 0.4) is 0 Å². The molecule has 1 saturated heterocycles. The Morgan fingerprint density at radius 3 is 2.79 bits per heavy atom. The number of hydrogen-bond acceptors (Lipinski definition) is 3. The molecule has 1 aliphatic rings. The first-order chi connectivity index (χ1) is 6.72. The number of hydrogen-bond donors (Lipinski definition) is 1. The fraction of sp³-hybridized carbons (Fsp3) is 0.909. The van der Waals surface area contributed by atoms with Crippen LogP contribution in [-0.4, -0.2) is 23.3 Å². The van der Waals surface area contributed by atoms with Crippen LogP contribution in [0.1, 0.15) is 51.9 Å².